The van der Waals surface area contributed by atoms with Gasteiger partial charge >= 0.3 is 0 Å². The number of nitrogens with zero attached hydrogens (tertiary/aromatic N) is 1. The number of nitrogens with one attached hydrogen (secondary N) is 1. The lowest BCUT2D eigenvalue weighted by molar-refractivity contribution is 0.102. The number of oxime groups is 1. The third-order valence-electron chi connectivity index (χ3n) is 2.56. The van der Waals surface area contributed by atoms with E-state index in [4.69, 9.17) is 0 Å². The summed E-state index contributed by atoms with van der Waals surface area (Å²) in [6.07, 6.45) is 1.54. The number of benzene rings is 2. The molecular formula is C15H13FN2O2. The van der Waals surface area contributed by atoms with E-state index in [1.165, 1.54) is 31.5 Å². The molecule has 0 heterocycles. The fraction of sp³-hybridized carbons (Fsp3) is 0.0667. The average molecular weight is 272 g/mol. The molecule has 0 saturated carbocycles. The number of carbonyl (C=O) groups is 1. The molecule has 0 unspecified atom stereocenters. The zero-order valence-electron chi connectivity index (χ0n) is 10.8. The second kappa shape index (κ2) is 6.47. The van der Waals surface area contributed by atoms with Gasteiger partial charge < -0.3 is 10.2 Å². The Morgan fingerprint density at radius 3 is 2.65 bits per heavy atom. The number of rotatable bonds is 4. The summed E-state index contributed by atoms with van der Waals surface area (Å²) in [5.74, 6) is -0.695. The molecule has 0 atom stereocenters. The van der Waals surface area contributed by atoms with Crippen molar-refractivity contribution in [1.82, 2.24) is 0 Å². The summed E-state index contributed by atoms with van der Waals surface area (Å²) < 4.78 is 13.0. The molecule has 0 bridgehead atoms. The molecule has 2 aromatic carbocycles. The van der Waals surface area contributed by atoms with Crippen LogP contribution in [0, 0.1) is 5.82 Å². The molecule has 0 spiro atoms. The van der Waals surface area contributed by atoms with Crippen molar-refractivity contribution in [2.45, 2.75) is 0 Å². The second-order valence-electron chi connectivity index (χ2n) is 4.00. The van der Waals surface area contributed by atoms with Crippen LogP contribution in [0.15, 0.2) is 53.7 Å². The maximum atomic E-state index is 13.0. The molecular weight excluding hydrogens is 259 g/mol. The minimum Gasteiger partial charge on any atom is -0.399 e. The Morgan fingerprint density at radius 2 is 2.00 bits per heavy atom. The van der Waals surface area contributed by atoms with E-state index >= 15 is 0 Å². The first-order valence-corrected chi connectivity index (χ1v) is 5.92. The molecule has 4 nitrogen and oxygen atoms in total. The molecule has 5 heteroatoms. The van der Waals surface area contributed by atoms with Crippen molar-refractivity contribution in [3.05, 3.63) is 65.5 Å². The Balaban J connectivity index is 2.07. The summed E-state index contributed by atoms with van der Waals surface area (Å²) in [5.41, 5.74) is 1.71. The molecule has 0 aromatic heterocycles. The third-order valence-corrected chi connectivity index (χ3v) is 2.56. The van der Waals surface area contributed by atoms with Gasteiger partial charge in [-0.1, -0.05) is 23.4 Å². The Morgan fingerprint density at radius 1 is 1.25 bits per heavy atom. The Bertz CT molecular complexity index is 624. The monoisotopic (exact) mass is 272 g/mol. The highest BCUT2D eigenvalue weighted by molar-refractivity contribution is 6.04. The van der Waals surface area contributed by atoms with E-state index in [2.05, 4.69) is 15.3 Å². The topological polar surface area (TPSA) is 50.7 Å². The molecule has 0 fully saturated rings. The van der Waals surface area contributed by atoms with Crippen LogP contribution >= 0.6 is 0 Å². The van der Waals surface area contributed by atoms with Gasteiger partial charge in [0.2, 0.25) is 0 Å². The number of hydrogen-bond acceptors (Lipinski definition) is 3. The minimum absolute atomic E-state index is 0.300. The molecule has 0 aliphatic rings. The van der Waals surface area contributed by atoms with Crippen molar-refractivity contribution < 1.29 is 14.0 Å². The smallest absolute Gasteiger partial charge is 0.255 e. The van der Waals surface area contributed by atoms with Crippen LogP contribution in [-0.2, 0) is 4.84 Å². The van der Waals surface area contributed by atoms with Crippen LogP contribution in [0.25, 0.3) is 0 Å². The van der Waals surface area contributed by atoms with E-state index in [0.717, 1.165) is 5.56 Å². The van der Waals surface area contributed by atoms with Crippen LogP contribution in [0.1, 0.15) is 15.9 Å². The maximum absolute atomic E-state index is 13.0. The molecule has 0 aliphatic carbocycles. The summed E-state index contributed by atoms with van der Waals surface area (Å²) in [5, 5.41) is 6.25. The van der Waals surface area contributed by atoms with Gasteiger partial charge in [0.1, 0.15) is 12.9 Å². The molecule has 2 aromatic rings. The van der Waals surface area contributed by atoms with Gasteiger partial charge in [-0.25, -0.2) is 4.39 Å². The van der Waals surface area contributed by atoms with E-state index in [-0.39, 0.29) is 5.91 Å². The predicted molar refractivity (Wildman–Crippen MR) is 75.4 cm³/mol. The predicted octanol–water partition coefficient (Wildman–Crippen LogP) is 3.06. The highest BCUT2D eigenvalue weighted by Crippen LogP contribution is 2.11. The minimum atomic E-state index is -0.395. The SMILES string of the molecule is CO/N=C/c1ccc(C(=O)Nc2cccc(F)c2)cc1. The Hall–Kier alpha value is -2.69. The molecule has 2 rings (SSSR count). The highest BCUT2D eigenvalue weighted by Gasteiger charge is 2.06. The number of carbonyl (C=O) groups excluding carboxylic acids is 1. The molecule has 0 aliphatic heterocycles. The third kappa shape index (κ3) is 3.65. The van der Waals surface area contributed by atoms with Gasteiger partial charge in [0.15, 0.2) is 0 Å². The van der Waals surface area contributed by atoms with Crippen LogP contribution < -0.4 is 5.32 Å². The summed E-state index contributed by atoms with van der Waals surface area (Å²) in [4.78, 5) is 16.5. The average Bonchev–Trinajstić information content (AvgIpc) is 2.45. The molecule has 1 amide bonds. The van der Waals surface area contributed by atoms with Crippen LogP contribution in [0.3, 0.4) is 0 Å². The van der Waals surface area contributed by atoms with E-state index in [0.29, 0.717) is 11.3 Å². The lowest BCUT2D eigenvalue weighted by Gasteiger charge is -2.05. The second-order valence-corrected chi connectivity index (χ2v) is 4.00. The summed E-state index contributed by atoms with van der Waals surface area (Å²) >= 11 is 0. The van der Waals surface area contributed by atoms with Crippen LogP contribution in [0.2, 0.25) is 0 Å². The first kappa shape index (κ1) is 13.7. The Labute approximate surface area is 115 Å². The quantitative estimate of drug-likeness (QED) is 0.687. The van der Waals surface area contributed by atoms with E-state index in [1.54, 1.807) is 30.3 Å². The van der Waals surface area contributed by atoms with Crippen molar-refractivity contribution in [3.63, 3.8) is 0 Å². The number of hydrogen-bond donors (Lipinski definition) is 1. The van der Waals surface area contributed by atoms with Gasteiger partial charge in [0.25, 0.3) is 5.91 Å². The summed E-state index contributed by atoms with van der Waals surface area (Å²) in [6, 6.07) is 12.5. The molecule has 1 N–H and O–H groups in total. The zero-order valence-corrected chi connectivity index (χ0v) is 10.8. The summed E-state index contributed by atoms with van der Waals surface area (Å²) in [7, 11) is 1.46. The van der Waals surface area contributed by atoms with Crippen molar-refractivity contribution >= 4 is 17.8 Å². The molecule has 0 saturated heterocycles. The van der Waals surface area contributed by atoms with Crippen LogP contribution in [0.4, 0.5) is 10.1 Å². The number of anilines is 1. The molecule has 20 heavy (non-hydrogen) atoms. The highest BCUT2D eigenvalue weighted by atomic mass is 19.1. The Kier molecular flexibility index (Phi) is 4.44. The summed E-state index contributed by atoms with van der Waals surface area (Å²) in [6.45, 7) is 0. The fourth-order valence-electron chi connectivity index (χ4n) is 1.60. The maximum Gasteiger partial charge on any atom is 0.255 e. The van der Waals surface area contributed by atoms with Crippen LogP contribution in [0.5, 0.6) is 0 Å². The number of amides is 1. The molecule has 0 radical (unpaired) electrons. The van der Waals surface area contributed by atoms with Gasteiger partial charge in [0, 0.05) is 11.3 Å². The van der Waals surface area contributed by atoms with Gasteiger partial charge in [-0.2, -0.15) is 0 Å². The van der Waals surface area contributed by atoms with Crippen molar-refractivity contribution in [2.24, 2.45) is 5.16 Å². The number of halogens is 1. The standard InChI is InChI=1S/C15H13FN2O2/c1-20-17-10-11-5-7-12(8-6-11)15(19)18-14-4-2-3-13(16)9-14/h2-10H,1H3,(H,18,19)/b17-10+. The van der Waals surface area contributed by atoms with Gasteiger partial charge in [0.05, 0.1) is 6.21 Å². The fourth-order valence-corrected chi connectivity index (χ4v) is 1.60. The van der Waals surface area contributed by atoms with Gasteiger partial charge in [-0.15, -0.1) is 0 Å². The van der Waals surface area contributed by atoms with Gasteiger partial charge in [-0.3, -0.25) is 4.79 Å². The van der Waals surface area contributed by atoms with Gasteiger partial charge in [-0.05, 0) is 35.9 Å². The van der Waals surface area contributed by atoms with Crippen molar-refractivity contribution in [2.75, 3.05) is 12.4 Å². The first-order chi connectivity index (χ1) is 9.69. The normalized spacial score (nSPS) is 10.5. The lowest BCUT2D eigenvalue weighted by Crippen LogP contribution is -2.11. The van der Waals surface area contributed by atoms with Crippen molar-refractivity contribution in [3.8, 4) is 0 Å². The van der Waals surface area contributed by atoms with Crippen molar-refractivity contribution in [1.29, 1.82) is 0 Å². The van der Waals surface area contributed by atoms with E-state index < -0.39 is 5.82 Å². The lowest BCUT2D eigenvalue weighted by atomic mass is 10.1. The van der Waals surface area contributed by atoms with E-state index in [1.807, 2.05) is 0 Å². The van der Waals surface area contributed by atoms with E-state index in [9.17, 15) is 9.18 Å². The first-order valence-electron chi connectivity index (χ1n) is 5.92. The zero-order chi connectivity index (χ0) is 14.4. The molecule has 102 valence electrons. The largest absolute Gasteiger partial charge is 0.399 e. The van der Waals surface area contributed by atoms with Crippen LogP contribution in [-0.4, -0.2) is 19.2 Å².